The molecule has 1 atom stereocenters. The van der Waals surface area contributed by atoms with Gasteiger partial charge in [-0.15, -0.1) is 0 Å². The van der Waals surface area contributed by atoms with E-state index >= 15 is 0 Å². The lowest BCUT2D eigenvalue weighted by atomic mass is 10.0. The number of H-pyrrole nitrogens is 2. The molecule has 0 aliphatic carbocycles. The number of hydrogen-bond donors (Lipinski definition) is 2. The zero-order chi connectivity index (χ0) is 18.2. The smallest absolute Gasteiger partial charge is 0.425 e. The van der Waals surface area contributed by atoms with Crippen LogP contribution in [0.15, 0.2) is 41.2 Å². The fourth-order valence-corrected chi connectivity index (χ4v) is 2.51. The van der Waals surface area contributed by atoms with Gasteiger partial charge in [0.05, 0.1) is 23.7 Å². The van der Waals surface area contributed by atoms with Crippen LogP contribution in [0.2, 0.25) is 0 Å². The maximum absolute atomic E-state index is 12.9. The first kappa shape index (κ1) is 16.9. The normalized spacial score (nSPS) is 13.0. The third-order valence-electron chi connectivity index (χ3n) is 3.78. The number of nitrogens with one attached hydrogen (secondary N) is 2. The zero-order valence-electron chi connectivity index (χ0n) is 13.4. The minimum atomic E-state index is -4.49. The average Bonchev–Trinajstić information content (AvgIpc) is 2.92. The van der Waals surface area contributed by atoms with Crippen LogP contribution in [0, 0.1) is 0 Å². The van der Waals surface area contributed by atoms with E-state index in [0.29, 0.717) is 27.9 Å². The van der Waals surface area contributed by atoms with Crippen LogP contribution in [0.4, 0.5) is 13.2 Å². The average molecular weight is 352 g/mol. The summed E-state index contributed by atoms with van der Waals surface area (Å²) in [6.07, 6.45) is -6.47. The Labute approximate surface area is 140 Å². The number of aromatic nitrogens is 2. The summed E-state index contributed by atoms with van der Waals surface area (Å²) in [7, 11) is 1.42. The predicted molar refractivity (Wildman–Crippen MR) is 87.1 cm³/mol. The number of aromatic amines is 2. The summed E-state index contributed by atoms with van der Waals surface area (Å²) in [5, 5.41) is 0. The Morgan fingerprint density at radius 2 is 1.72 bits per heavy atom. The van der Waals surface area contributed by atoms with Crippen molar-refractivity contribution in [2.24, 2.45) is 0 Å². The number of benzene rings is 2. The Morgan fingerprint density at radius 1 is 1.04 bits per heavy atom. The van der Waals surface area contributed by atoms with Gasteiger partial charge in [-0.2, -0.15) is 13.2 Å². The highest BCUT2D eigenvalue weighted by molar-refractivity contribution is 5.85. The van der Waals surface area contributed by atoms with E-state index in [4.69, 9.17) is 9.47 Å². The number of imidazole rings is 1. The molecule has 5 nitrogen and oxygen atoms in total. The molecule has 0 fully saturated rings. The van der Waals surface area contributed by atoms with Crippen LogP contribution >= 0.6 is 0 Å². The van der Waals surface area contributed by atoms with Gasteiger partial charge in [0.25, 0.3) is 0 Å². The molecule has 0 spiro atoms. The van der Waals surface area contributed by atoms with Crippen molar-refractivity contribution >= 4 is 11.0 Å². The number of halogens is 3. The minimum absolute atomic E-state index is 0.0430. The van der Waals surface area contributed by atoms with Crippen molar-refractivity contribution in [2.75, 3.05) is 7.11 Å². The molecule has 2 aromatic carbocycles. The number of hydrogen-bond acceptors (Lipinski definition) is 3. The molecule has 0 radical (unpaired) electrons. The molecule has 1 unspecified atom stereocenters. The van der Waals surface area contributed by atoms with Gasteiger partial charge < -0.3 is 19.4 Å². The Morgan fingerprint density at radius 3 is 2.40 bits per heavy atom. The Hall–Kier alpha value is -2.90. The molecule has 0 saturated carbocycles. The molecule has 0 amide bonds. The van der Waals surface area contributed by atoms with E-state index in [1.54, 1.807) is 30.3 Å². The molecule has 8 heteroatoms. The second kappa shape index (κ2) is 6.19. The highest BCUT2D eigenvalue weighted by atomic mass is 19.4. The third-order valence-corrected chi connectivity index (χ3v) is 3.78. The zero-order valence-corrected chi connectivity index (χ0v) is 13.4. The predicted octanol–water partition coefficient (Wildman–Crippen LogP) is 3.86. The van der Waals surface area contributed by atoms with Gasteiger partial charge in [-0.3, -0.25) is 0 Å². The molecular formula is C17H15F3N2O3. The standard InChI is InChI=1S/C17H15F3N2O3/c1-9(17(18,19)20)25-14-5-3-4-13(24-2)15(14)10-6-7-11-12(8-10)22-16(23)21-11/h3-9H,1-2H3,(H2,21,22,23). The molecule has 1 heterocycles. The number of methoxy groups -OCH3 is 1. The van der Waals surface area contributed by atoms with Crippen LogP contribution in [0.1, 0.15) is 6.92 Å². The van der Waals surface area contributed by atoms with E-state index in [-0.39, 0.29) is 11.4 Å². The molecule has 0 saturated heterocycles. The number of ether oxygens (including phenoxy) is 2. The molecule has 1 aromatic heterocycles. The van der Waals surface area contributed by atoms with Crippen molar-refractivity contribution in [3.8, 4) is 22.6 Å². The van der Waals surface area contributed by atoms with Gasteiger partial charge in [0.15, 0.2) is 6.10 Å². The summed E-state index contributed by atoms with van der Waals surface area (Å²) in [6, 6.07) is 9.61. The first-order valence-electron chi connectivity index (χ1n) is 7.42. The van der Waals surface area contributed by atoms with Crippen molar-refractivity contribution in [3.05, 3.63) is 46.9 Å². The first-order chi connectivity index (χ1) is 11.8. The van der Waals surface area contributed by atoms with Gasteiger partial charge in [0.2, 0.25) is 0 Å². The van der Waals surface area contributed by atoms with Crippen LogP contribution < -0.4 is 15.2 Å². The first-order valence-corrected chi connectivity index (χ1v) is 7.42. The summed E-state index contributed by atoms with van der Waals surface area (Å²) in [6.45, 7) is 0.941. The van der Waals surface area contributed by atoms with Crippen molar-refractivity contribution in [1.82, 2.24) is 9.97 Å². The highest BCUT2D eigenvalue weighted by Gasteiger charge is 2.38. The van der Waals surface area contributed by atoms with Gasteiger partial charge in [0, 0.05) is 0 Å². The van der Waals surface area contributed by atoms with Gasteiger partial charge >= 0.3 is 11.9 Å². The monoisotopic (exact) mass is 352 g/mol. The van der Waals surface area contributed by atoms with Gasteiger partial charge in [-0.25, -0.2) is 4.79 Å². The molecule has 25 heavy (non-hydrogen) atoms. The largest absolute Gasteiger partial charge is 0.496 e. The van der Waals surface area contributed by atoms with Crippen molar-refractivity contribution in [2.45, 2.75) is 19.2 Å². The molecule has 2 N–H and O–H groups in total. The summed E-state index contributed by atoms with van der Waals surface area (Å²) >= 11 is 0. The molecule has 3 aromatic rings. The number of fused-ring (bicyclic) bond motifs is 1. The van der Waals surface area contributed by atoms with Gasteiger partial charge in [0.1, 0.15) is 11.5 Å². The lowest BCUT2D eigenvalue weighted by Crippen LogP contribution is -2.31. The van der Waals surface area contributed by atoms with Crippen molar-refractivity contribution < 1.29 is 22.6 Å². The van der Waals surface area contributed by atoms with Gasteiger partial charge in [-0.05, 0) is 36.8 Å². The molecule has 3 rings (SSSR count). The summed E-state index contributed by atoms with van der Waals surface area (Å²) in [5.74, 6) is 0.408. The van der Waals surface area contributed by atoms with Crippen molar-refractivity contribution in [3.63, 3.8) is 0 Å². The van der Waals surface area contributed by atoms with E-state index in [0.717, 1.165) is 6.92 Å². The summed E-state index contributed by atoms with van der Waals surface area (Å²) in [4.78, 5) is 16.6. The van der Waals surface area contributed by atoms with Gasteiger partial charge in [-0.1, -0.05) is 12.1 Å². The lowest BCUT2D eigenvalue weighted by molar-refractivity contribution is -0.189. The van der Waals surface area contributed by atoms with Crippen LogP contribution in [0.25, 0.3) is 22.2 Å². The SMILES string of the molecule is COc1cccc(OC(C)C(F)(F)F)c1-c1ccc2[nH]c(=O)[nH]c2c1. The third kappa shape index (κ3) is 3.33. The molecule has 0 aliphatic heterocycles. The molecule has 0 bridgehead atoms. The minimum Gasteiger partial charge on any atom is -0.496 e. The second-order valence-corrected chi connectivity index (χ2v) is 5.47. The topological polar surface area (TPSA) is 67.1 Å². The Balaban J connectivity index is 2.13. The molecule has 0 aliphatic rings. The molecular weight excluding hydrogens is 337 g/mol. The van der Waals surface area contributed by atoms with Crippen LogP contribution in [-0.4, -0.2) is 29.4 Å². The van der Waals surface area contributed by atoms with Crippen molar-refractivity contribution in [1.29, 1.82) is 0 Å². The maximum Gasteiger partial charge on any atom is 0.425 e. The van der Waals surface area contributed by atoms with E-state index in [1.165, 1.54) is 13.2 Å². The Bertz CT molecular complexity index is 960. The van der Waals surface area contributed by atoms with Crippen LogP contribution in [0.5, 0.6) is 11.5 Å². The quantitative estimate of drug-likeness (QED) is 0.749. The highest BCUT2D eigenvalue weighted by Crippen LogP contribution is 2.40. The second-order valence-electron chi connectivity index (χ2n) is 5.47. The molecule has 132 valence electrons. The van der Waals surface area contributed by atoms with E-state index in [2.05, 4.69) is 9.97 Å². The number of alkyl halides is 3. The Kier molecular flexibility index (Phi) is 4.20. The van der Waals surface area contributed by atoms with E-state index < -0.39 is 12.3 Å². The summed E-state index contributed by atoms with van der Waals surface area (Å²) < 4.78 is 49.0. The fourth-order valence-electron chi connectivity index (χ4n) is 2.51. The fraction of sp³-hybridized carbons (Fsp3) is 0.235. The lowest BCUT2D eigenvalue weighted by Gasteiger charge is -2.21. The van der Waals surface area contributed by atoms with Crippen LogP contribution in [0.3, 0.4) is 0 Å². The van der Waals surface area contributed by atoms with E-state index in [1.807, 2.05) is 0 Å². The number of rotatable bonds is 4. The summed E-state index contributed by atoms with van der Waals surface area (Å²) in [5.41, 5.74) is 1.70. The van der Waals surface area contributed by atoms with Crippen LogP contribution in [-0.2, 0) is 0 Å². The van der Waals surface area contributed by atoms with E-state index in [9.17, 15) is 18.0 Å². The maximum atomic E-state index is 12.9.